The van der Waals surface area contributed by atoms with E-state index in [0.29, 0.717) is 22.7 Å². The SMILES string of the molecule is Cc1ccc(OCc2csc(C(=O)Nc3ccc(F)cc3C)c2)c(C)c1. The van der Waals surface area contributed by atoms with E-state index in [0.717, 1.165) is 16.9 Å². The first-order chi connectivity index (χ1) is 12.4. The standard InChI is InChI=1S/C21H20FNO2S/c1-13-4-7-19(15(3)8-13)25-11-16-10-20(26-12-16)21(24)23-18-6-5-17(22)9-14(18)2/h4-10,12H,11H2,1-3H3,(H,23,24). The average Bonchev–Trinajstić information content (AvgIpc) is 3.06. The van der Waals surface area contributed by atoms with Crippen LogP contribution in [0.3, 0.4) is 0 Å². The highest BCUT2D eigenvalue weighted by Gasteiger charge is 2.12. The number of carbonyl (C=O) groups is 1. The predicted octanol–water partition coefficient (Wildman–Crippen LogP) is 5.64. The van der Waals surface area contributed by atoms with Gasteiger partial charge >= 0.3 is 0 Å². The Kier molecular flexibility index (Phi) is 5.38. The van der Waals surface area contributed by atoms with Crippen LogP contribution < -0.4 is 10.1 Å². The Balaban J connectivity index is 1.64. The maximum atomic E-state index is 13.2. The van der Waals surface area contributed by atoms with Crippen molar-refractivity contribution in [1.29, 1.82) is 0 Å². The van der Waals surface area contributed by atoms with Crippen LogP contribution in [-0.4, -0.2) is 5.91 Å². The van der Waals surface area contributed by atoms with Gasteiger partial charge in [-0.05, 0) is 67.6 Å². The number of thiophene rings is 1. The molecule has 0 radical (unpaired) electrons. The largest absolute Gasteiger partial charge is 0.489 e. The summed E-state index contributed by atoms with van der Waals surface area (Å²) < 4.78 is 19.0. The van der Waals surface area contributed by atoms with E-state index in [1.165, 1.54) is 29.0 Å². The summed E-state index contributed by atoms with van der Waals surface area (Å²) in [6.45, 7) is 6.22. The van der Waals surface area contributed by atoms with E-state index < -0.39 is 0 Å². The van der Waals surface area contributed by atoms with E-state index >= 15 is 0 Å². The van der Waals surface area contributed by atoms with Crippen molar-refractivity contribution in [3.8, 4) is 5.75 Å². The van der Waals surface area contributed by atoms with Crippen molar-refractivity contribution in [2.45, 2.75) is 27.4 Å². The van der Waals surface area contributed by atoms with Crippen LogP contribution in [0.15, 0.2) is 47.8 Å². The first-order valence-electron chi connectivity index (χ1n) is 8.27. The number of amides is 1. The lowest BCUT2D eigenvalue weighted by Gasteiger charge is -2.09. The Hall–Kier alpha value is -2.66. The summed E-state index contributed by atoms with van der Waals surface area (Å²) in [5, 5.41) is 4.73. The molecule has 3 aromatic rings. The zero-order valence-corrected chi connectivity index (χ0v) is 15.7. The molecule has 0 aliphatic rings. The molecule has 0 unspecified atom stereocenters. The van der Waals surface area contributed by atoms with Crippen molar-refractivity contribution in [3.63, 3.8) is 0 Å². The Labute approximate surface area is 156 Å². The van der Waals surface area contributed by atoms with Gasteiger partial charge in [0.2, 0.25) is 0 Å². The summed E-state index contributed by atoms with van der Waals surface area (Å²) in [7, 11) is 0. The van der Waals surface area contributed by atoms with Crippen molar-refractivity contribution in [2.24, 2.45) is 0 Å². The second-order valence-corrected chi connectivity index (χ2v) is 7.20. The number of hydrogen-bond acceptors (Lipinski definition) is 3. The van der Waals surface area contributed by atoms with E-state index in [9.17, 15) is 9.18 Å². The van der Waals surface area contributed by atoms with Gasteiger partial charge in [0.05, 0.1) is 4.88 Å². The third-order valence-electron chi connectivity index (χ3n) is 4.04. The number of nitrogens with one attached hydrogen (secondary N) is 1. The molecule has 134 valence electrons. The van der Waals surface area contributed by atoms with Crippen LogP contribution in [0.5, 0.6) is 5.75 Å². The topological polar surface area (TPSA) is 38.3 Å². The number of ether oxygens (including phenoxy) is 1. The normalized spacial score (nSPS) is 10.6. The van der Waals surface area contributed by atoms with Gasteiger partial charge in [-0.25, -0.2) is 4.39 Å². The minimum Gasteiger partial charge on any atom is -0.489 e. The molecule has 26 heavy (non-hydrogen) atoms. The van der Waals surface area contributed by atoms with Crippen LogP contribution in [0, 0.1) is 26.6 Å². The van der Waals surface area contributed by atoms with Gasteiger partial charge in [-0.1, -0.05) is 17.7 Å². The Morgan fingerprint density at radius 1 is 1.08 bits per heavy atom. The molecule has 0 saturated carbocycles. The molecule has 0 spiro atoms. The lowest BCUT2D eigenvalue weighted by atomic mass is 10.1. The Morgan fingerprint density at radius 3 is 2.62 bits per heavy atom. The van der Waals surface area contributed by atoms with Crippen LogP contribution in [-0.2, 0) is 6.61 Å². The van der Waals surface area contributed by atoms with Gasteiger partial charge in [0.15, 0.2) is 0 Å². The fourth-order valence-electron chi connectivity index (χ4n) is 2.64. The number of halogens is 1. The van der Waals surface area contributed by atoms with Gasteiger partial charge in [-0.15, -0.1) is 11.3 Å². The number of anilines is 1. The number of aryl methyl sites for hydroxylation is 3. The van der Waals surface area contributed by atoms with Crippen molar-refractivity contribution >= 4 is 22.9 Å². The van der Waals surface area contributed by atoms with Crippen molar-refractivity contribution < 1.29 is 13.9 Å². The lowest BCUT2D eigenvalue weighted by Crippen LogP contribution is -2.11. The molecule has 0 aliphatic heterocycles. The molecular formula is C21H20FNO2S. The van der Waals surface area contributed by atoms with Crippen LogP contribution in [0.25, 0.3) is 0 Å². The summed E-state index contributed by atoms with van der Waals surface area (Å²) in [6, 6.07) is 12.2. The monoisotopic (exact) mass is 369 g/mol. The Bertz CT molecular complexity index is 949. The summed E-state index contributed by atoms with van der Waals surface area (Å²) in [5.41, 5.74) is 4.52. The Morgan fingerprint density at radius 2 is 1.88 bits per heavy atom. The molecule has 3 rings (SSSR count). The molecule has 1 N–H and O–H groups in total. The van der Waals surface area contributed by atoms with Crippen LogP contribution in [0.2, 0.25) is 0 Å². The smallest absolute Gasteiger partial charge is 0.265 e. The predicted molar refractivity (Wildman–Crippen MR) is 104 cm³/mol. The molecule has 0 bridgehead atoms. The lowest BCUT2D eigenvalue weighted by molar-refractivity contribution is 0.103. The van der Waals surface area contributed by atoms with Gasteiger partial charge in [0, 0.05) is 11.3 Å². The average molecular weight is 369 g/mol. The van der Waals surface area contributed by atoms with Gasteiger partial charge < -0.3 is 10.1 Å². The molecule has 0 atom stereocenters. The van der Waals surface area contributed by atoms with Crippen LogP contribution in [0.1, 0.15) is 31.9 Å². The van der Waals surface area contributed by atoms with Crippen molar-refractivity contribution in [2.75, 3.05) is 5.32 Å². The second kappa shape index (κ2) is 7.70. The maximum absolute atomic E-state index is 13.2. The zero-order chi connectivity index (χ0) is 18.7. The highest BCUT2D eigenvalue weighted by molar-refractivity contribution is 7.12. The molecular weight excluding hydrogens is 349 g/mol. The van der Waals surface area contributed by atoms with Crippen LogP contribution in [0.4, 0.5) is 10.1 Å². The van der Waals surface area contributed by atoms with E-state index in [4.69, 9.17) is 4.74 Å². The molecule has 0 saturated heterocycles. The van der Waals surface area contributed by atoms with Crippen molar-refractivity contribution in [1.82, 2.24) is 0 Å². The van der Waals surface area contributed by atoms with Gasteiger partial charge in [-0.2, -0.15) is 0 Å². The quantitative estimate of drug-likeness (QED) is 0.632. The van der Waals surface area contributed by atoms with E-state index in [1.54, 1.807) is 13.0 Å². The minimum atomic E-state index is -0.317. The van der Waals surface area contributed by atoms with E-state index in [2.05, 4.69) is 11.4 Å². The minimum absolute atomic E-state index is 0.206. The third-order valence-corrected chi connectivity index (χ3v) is 5.02. The summed E-state index contributed by atoms with van der Waals surface area (Å²) >= 11 is 1.36. The number of benzene rings is 2. The third kappa shape index (κ3) is 4.29. The summed E-state index contributed by atoms with van der Waals surface area (Å²) in [5.74, 6) is 0.319. The first-order valence-corrected chi connectivity index (χ1v) is 9.15. The molecule has 0 fully saturated rings. The fraction of sp³-hybridized carbons (Fsp3) is 0.190. The highest BCUT2D eigenvalue weighted by atomic mass is 32.1. The van der Waals surface area contributed by atoms with Gasteiger partial charge in [-0.3, -0.25) is 4.79 Å². The highest BCUT2D eigenvalue weighted by Crippen LogP contribution is 2.23. The molecule has 3 nitrogen and oxygen atoms in total. The summed E-state index contributed by atoms with van der Waals surface area (Å²) in [6.07, 6.45) is 0. The van der Waals surface area contributed by atoms with Gasteiger partial charge in [0.1, 0.15) is 18.2 Å². The zero-order valence-electron chi connectivity index (χ0n) is 14.9. The number of carbonyl (C=O) groups excluding carboxylic acids is 1. The molecule has 5 heteroatoms. The van der Waals surface area contributed by atoms with Crippen molar-refractivity contribution in [3.05, 3.63) is 80.8 Å². The molecule has 1 amide bonds. The van der Waals surface area contributed by atoms with E-state index in [1.807, 2.05) is 37.4 Å². The van der Waals surface area contributed by atoms with Gasteiger partial charge in [0.25, 0.3) is 5.91 Å². The number of rotatable bonds is 5. The first kappa shape index (κ1) is 18.1. The fourth-order valence-corrected chi connectivity index (χ4v) is 3.44. The summed E-state index contributed by atoms with van der Waals surface area (Å²) in [4.78, 5) is 13.0. The molecule has 1 aromatic heterocycles. The number of hydrogen-bond donors (Lipinski definition) is 1. The molecule has 0 aliphatic carbocycles. The second-order valence-electron chi connectivity index (χ2n) is 6.29. The van der Waals surface area contributed by atoms with E-state index in [-0.39, 0.29) is 11.7 Å². The maximum Gasteiger partial charge on any atom is 0.265 e. The molecule has 2 aromatic carbocycles. The molecule has 1 heterocycles. The van der Waals surface area contributed by atoms with Crippen LogP contribution >= 0.6 is 11.3 Å².